The van der Waals surface area contributed by atoms with Crippen LogP contribution in [0.4, 0.5) is 0 Å². The minimum Gasteiger partial charge on any atom is -0.480 e. The maximum absolute atomic E-state index is 12.1. The Morgan fingerprint density at radius 3 is 2.05 bits per heavy atom. The average Bonchev–Trinajstić information content (AvgIpc) is 2.42. The largest absolute Gasteiger partial charge is 0.480 e. The zero-order valence-electron chi connectivity index (χ0n) is 12.5. The Morgan fingerprint density at radius 2 is 1.65 bits per heavy atom. The molecule has 0 bridgehead atoms. The van der Waals surface area contributed by atoms with Gasteiger partial charge in [0.05, 0.1) is 7.11 Å². The zero-order chi connectivity index (χ0) is 15.5. The van der Waals surface area contributed by atoms with Gasteiger partial charge in [0.15, 0.2) is 0 Å². The highest BCUT2D eigenvalue weighted by molar-refractivity contribution is 5.85. The molecule has 2 N–H and O–H groups in total. The predicted octanol–water partition coefficient (Wildman–Crippen LogP) is 1.73. The monoisotopic (exact) mass is 287 g/mol. The van der Waals surface area contributed by atoms with Crippen molar-refractivity contribution in [2.75, 3.05) is 7.11 Å². The first-order chi connectivity index (χ1) is 9.46. The van der Waals surface area contributed by atoms with Crippen LogP contribution < -0.4 is 5.32 Å². The molecule has 116 valence electrons. The summed E-state index contributed by atoms with van der Waals surface area (Å²) in [6, 6.07) is -1.04. The van der Waals surface area contributed by atoms with Crippen molar-refractivity contribution in [2.24, 2.45) is 5.92 Å². The van der Waals surface area contributed by atoms with Crippen LogP contribution in [0.15, 0.2) is 0 Å². The minimum atomic E-state index is -1.13. The molecule has 20 heavy (non-hydrogen) atoms. The lowest BCUT2D eigenvalue weighted by atomic mass is 9.96. The molecule has 0 aromatic rings. The molecule has 0 aromatic heterocycles. The van der Waals surface area contributed by atoms with Crippen molar-refractivity contribution in [1.82, 2.24) is 5.32 Å². The maximum atomic E-state index is 12.1. The van der Waals surface area contributed by atoms with Crippen LogP contribution in [0.2, 0.25) is 0 Å². The number of carboxylic acids is 1. The van der Waals surface area contributed by atoms with Gasteiger partial charge in [0.2, 0.25) is 5.91 Å². The molecule has 1 amide bonds. The van der Waals surface area contributed by atoms with E-state index >= 15 is 0 Å². The topological polar surface area (TPSA) is 92.7 Å². The van der Waals surface area contributed by atoms with E-state index < -0.39 is 18.0 Å². The summed E-state index contributed by atoms with van der Waals surface area (Å²) in [7, 11) is 1.25. The number of carboxylic acid groups (broad SMARTS) is 1. The Labute approximate surface area is 119 Å². The van der Waals surface area contributed by atoms with Crippen molar-refractivity contribution in [2.45, 2.75) is 58.4 Å². The Kier molecular flexibility index (Phi) is 9.41. The van der Waals surface area contributed by atoms with Crippen molar-refractivity contribution in [3.05, 3.63) is 0 Å². The van der Waals surface area contributed by atoms with Crippen molar-refractivity contribution >= 4 is 17.8 Å². The van der Waals surface area contributed by atoms with Crippen LogP contribution in [-0.4, -0.2) is 36.1 Å². The van der Waals surface area contributed by atoms with Crippen molar-refractivity contribution in [1.29, 1.82) is 0 Å². The molecule has 0 saturated heterocycles. The van der Waals surface area contributed by atoms with Gasteiger partial charge >= 0.3 is 11.9 Å². The first-order valence-electron chi connectivity index (χ1n) is 7.06. The summed E-state index contributed by atoms with van der Waals surface area (Å²) >= 11 is 0. The lowest BCUT2D eigenvalue weighted by Gasteiger charge is -2.19. The molecule has 0 aliphatic heterocycles. The number of aliphatic carboxylic acids is 1. The fourth-order valence-electron chi connectivity index (χ4n) is 2.01. The lowest BCUT2D eigenvalue weighted by Crippen LogP contribution is -2.44. The normalized spacial score (nSPS) is 12.0. The van der Waals surface area contributed by atoms with E-state index in [9.17, 15) is 14.4 Å². The minimum absolute atomic E-state index is 0.0278. The van der Waals surface area contributed by atoms with E-state index in [0.29, 0.717) is 0 Å². The first-order valence-corrected chi connectivity index (χ1v) is 7.06. The lowest BCUT2D eigenvalue weighted by molar-refractivity contribution is -0.144. The number of amides is 1. The molecule has 0 unspecified atom stereocenters. The van der Waals surface area contributed by atoms with E-state index in [-0.39, 0.29) is 24.7 Å². The van der Waals surface area contributed by atoms with Crippen LogP contribution >= 0.6 is 0 Å². The highest BCUT2D eigenvalue weighted by Crippen LogP contribution is 2.14. The number of carbonyl (C=O) groups is 3. The van der Waals surface area contributed by atoms with Gasteiger partial charge in [-0.15, -0.1) is 0 Å². The summed E-state index contributed by atoms with van der Waals surface area (Å²) in [5, 5.41) is 11.6. The summed E-state index contributed by atoms with van der Waals surface area (Å²) < 4.78 is 4.47. The first kappa shape index (κ1) is 18.4. The average molecular weight is 287 g/mol. The number of nitrogens with one attached hydrogen (secondary N) is 1. The number of hydrogen-bond acceptors (Lipinski definition) is 4. The number of ether oxygens (including phenoxy) is 1. The highest BCUT2D eigenvalue weighted by Gasteiger charge is 2.25. The quantitative estimate of drug-likeness (QED) is 0.597. The second kappa shape index (κ2) is 10.2. The fraction of sp³-hybridized carbons (Fsp3) is 0.786. The van der Waals surface area contributed by atoms with Crippen LogP contribution in [0.3, 0.4) is 0 Å². The molecule has 0 aromatic carbocycles. The zero-order valence-corrected chi connectivity index (χ0v) is 12.5. The fourth-order valence-corrected chi connectivity index (χ4v) is 2.01. The number of carbonyl (C=O) groups excluding carboxylic acids is 2. The third-order valence-corrected chi connectivity index (χ3v) is 3.12. The summed E-state index contributed by atoms with van der Waals surface area (Å²) in [5.74, 6) is -2.02. The molecule has 0 aliphatic rings. The van der Waals surface area contributed by atoms with Gasteiger partial charge in [0, 0.05) is 12.3 Å². The van der Waals surface area contributed by atoms with Gasteiger partial charge in [-0.3, -0.25) is 9.59 Å². The van der Waals surface area contributed by atoms with Crippen molar-refractivity contribution in [3.63, 3.8) is 0 Å². The van der Waals surface area contributed by atoms with E-state index in [4.69, 9.17) is 5.11 Å². The summed E-state index contributed by atoms with van der Waals surface area (Å²) in [6.45, 7) is 3.98. The number of hydrogen-bond donors (Lipinski definition) is 2. The summed E-state index contributed by atoms with van der Waals surface area (Å²) in [6.07, 6.45) is 3.24. The van der Waals surface area contributed by atoms with Gasteiger partial charge in [-0.05, 0) is 19.3 Å². The molecule has 0 rings (SSSR count). The SMILES string of the molecule is CCCC(CCC)C(=O)N[C@@H](CCC(=O)OC)C(=O)O. The number of esters is 1. The van der Waals surface area contributed by atoms with Gasteiger partial charge in [0.1, 0.15) is 6.04 Å². The molecule has 0 radical (unpaired) electrons. The van der Waals surface area contributed by atoms with Gasteiger partial charge in [-0.25, -0.2) is 4.79 Å². The van der Waals surface area contributed by atoms with E-state index in [1.807, 2.05) is 13.8 Å². The van der Waals surface area contributed by atoms with Gasteiger partial charge in [-0.1, -0.05) is 26.7 Å². The van der Waals surface area contributed by atoms with Crippen molar-refractivity contribution in [3.8, 4) is 0 Å². The van der Waals surface area contributed by atoms with E-state index in [1.165, 1.54) is 7.11 Å². The summed E-state index contributed by atoms with van der Waals surface area (Å²) in [4.78, 5) is 34.2. The Morgan fingerprint density at radius 1 is 1.10 bits per heavy atom. The van der Waals surface area contributed by atoms with Gasteiger partial charge in [0.25, 0.3) is 0 Å². The molecule has 0 fully saturated rings. The second-order valence-corrected chi connectivity index (χ2v) is 4.79. The second-order valence-electron chi connectivity index (χ2n) is 4.79. The molecule has 0 heterocycles. The van der Waals surface area contributed by atoms with Crippen LogP contribution in [-0.2, 0) is 19.1 Å². The molecule has 6 heteroatoms. The Bertz CT molecular complexity index is 324. The third kappa shape index (κ3) is 7.11. The van der Waals surface area contributed by atoms with Crippen LogP contribution in [0.25, 0.3) is 0 Å². The van der Waals surface area contributed by atoms with E-state index in [0.717, 1.165) is 25.7 Å². The molecular weight excluding hydrogens is 262 g/mol. The molecule has 0 aliphatic carbocycles. The third-order valence-electron chi connectivity index (χ3n) is 3.12. The van der Waals surface area contributed by atoms with Crippen LogP contribution in [0.1, 0.15) is 52.4 Å². The van der Waals surface area contributed by atoms with Crippen molar-refractivity contribution < 1.29 is 24.2 Å². The van der Waals surface area contributed by atoms with Gasteiger partial charge in [-0.2, -0.15) is 0 Å². The Balaban J connectivity index is 4.51. The molecule has 6 nitrogen and oxygen atoms in total. The Hall–Kier alpha value is -1.59. The van der Waals surface area contributed by atoms with E-state index in [2.05, 4.69) is 10.1 Å². The van der Waals surface area contributed by atoms with E-state index in [1.54, 1.807) is 0 Å². The number of rotatable bonds is 10. The molecule has 0 saturated carbocycles. The van der Waals surface area contributed by atoms with Crippen LogP contribution in [0.5, 0.6) is 0 Å². The molecule has 1 atom stereocenters. The number of methoxy groups -OCH3 is 1. The molecule has 0 spiro atoms. The van der Waals surface area contributed by atoms with Crippen LogP contribution in [0, 0.1) is 5.92 Å². The van der Waals surface area contributed by atoms with Gasteiger partial charge < -0.3 is 15.2 Å². The standard InChI is InChI=1S/C14H25NO5/c1-4-6-10(7-5-2)13(17)15-11(14(18)19)8-9-12(16)20-3/h10-11H,4-9H2,1-3H3,(H,15,17)(H,18,19)/t11-/m0/s1. The summed E-state index contributed by atoms with van der Waals surface area (Å²) in [5.41, 5.74) is 0. The predicted molar refractivity (Wildman–Crippen MR) is 74.1 cm³/mol. The molecular formula is C14H25NO5. The maximum Gasteiger partial charge on any atom is 0.326 e. The smallest absolute Gasteiger partial charge is 0.326 e. The highest BCUT2D eigenvalue weighted by atomic mass is 16.5.